The standard InChI is InChI=1S/C11H21NO7/c1-6(15)12-10-7(16)4-9(18-3-2-13)19-11(10)8(17)5-14/h7-11,13-14,16-17H,2-5H2,1H3,(H,12,15). The Hall–Kier alpha value is -0.770. The van der Waals surface area contributed by atoms with E-state index in [1.165, 1.54) is 6.92 Å². The molecule has 5 unspecified atom stereocenters. The summed E-state index contributed by atoms with van der Waals surface area (Å²) in [5, 5.41) is 39.8. The molecule has 1 fully saturated rings. The molecular formula is C11H21NO7. The van der Waals surface area contributed by atoms with Crippen LogP contribution in [0.25, 0.3) is 0 Å². The summed E-state index contributed by atoms with van der Waals surface area (Å²) in [5.41, 5.74) is 0. The fourth-order valence-electron chi connectivity index (χ4n) is 2.02. The molecular weight excluding hydrogens is 258 g/mol. The normalized spacial score (nSPS) is 32.9. The second-order valence-electron chi connectivity index (χ2n) is 4.40. The summed E-state index contributed by atoms with van der Waals surface area (Å²) >= 11 is 0. The summed E-state index contributed by atoms with van der Waals surface area (Å²) in [4.78, 5) is 11.1. The van der Waals surface area contributed by atoms with Gasteiger partial charge in [0.05, 0.1) is 32.0 Å². The Morgan fingerprint density at radius 3 is 2.74 bits per heavy atom. The molecule has 1 heterocycles. The Kier molecular flexibility index (Phi) is 6.63. The molecule has 0 aromatic carbocycles. The Morgan fingerprint density at radius 1 is 1.53 bits per heavy atom. The fourth-order valence-corrected chi connectivity index (χ4v) is 2.02. The van der Waals surface area contributed by atoms with Gasteiger partial charge in [0.25, 0.3) is 0 Å². The molecule has 1 aliphatic rings. The van der Waals surface area contributed by atoms with Crippen molar-refractivity contribution in [2.75, 3.05) is 19.8 Å². The number of rotatable bonds is 6. The highest BCUT2D eigenvalue weighted by Gasteiger charge is 2.42. The third-order valence-corrected chi connectivity index (χ3v) is 2.84. The van der Waals surface area contributed by atoms with Crippen LogP contribution in [0.15, 0.2) is 0 Å². The molecule has 0 bridgehead atoms. The predicted molar refractivity (Wildman–Crippen MR) is 63.0 cm³/mol. The number of nitrogens with one attached hydrogen (secondary N) is 1. The van der Waals surface area contributed by atoms with Crippen LogP contribution in [0.3, 0.4) is 0 Å². The lowest BCUT2D eigenvalue weighted by Crippen LogP contribution is -2.61. The molecule has 112 valence electrons. The third kappa shape index (κ3) is 4.68. The number of ether oxygens (including phenoxy) is 2. The van der Waals surface area contributed by atoms with Crippen molar-refractivity contribution < 1.29 is 34.7 Å². The van der Waals surface area contributed by atoms with Gasteiger partial charge in [-0.15, -0.1) is 0 Å². The van der Waals surface area contributed by atoms with Crippen LogP contribution in [-0.4, -0.2) is 76.8 Å². The van der Waals surface area contributed by atoms with Gasteiger partial charge in [-0.05, 0) is 0 Å². The van der Waals surface area contributed by atoms with Crippen LogP contribution >= 0.6 is 0 Å². The molecule has 8 heteroatoms. The summed E-state index contributed by atoms with van der Waals surface area (Å²) in [6.07, 6.45) is -3.93. The van der Waals surface area contributed by atoms with Crippen LogP contribution in [0, 0.1) is 0 Å². The number of aliphatic hydroxyl groups is 4. The molecule has 1 aliphatic heterocycles. The van der Waals surface area contributed by atoms with Gasteiger partial charge in [0.2, 0.25) is 5.91 Å². The minimum Gasteiger partial charge on any atom is -0.394 e. The quantitative estimate of drug-likeness (QED) is 0.358. The van der Waals surface area contributed by atoms with E-state index in [9.17, 15) is 15.0 Å². The first kappa shape index (κ1) is 16.3. The van der Waals surface area contributed by atoms with Crippen molar-refractivity contribution >= 4 is 5.91 Å². The molecule has 8 nitrogen and oxygen atoms in total. The van der Waals surface area contributed by atoms with Gasteiger partial charge in [-0.1, -0.05) is 0 Å². The number of hydrogen-bond acceptors (Lipinski definition) is 7. The van der Waals surface area contributed by atoms with Crippen LogP contribution in [-0.2, 0) is 14.3 Å². The summed E-state index contributed by atoms with van der Waals surface area (Å²) in [5.74, 6) is -0.377. The zero-order valence-electron chi connectivity index (χ0n) is 10.7. The largest absolute Gasteiger partial charge is 0.394 e. The van der Waals surface area contributed by atoms with Crippen LogP contribution in [0.5, 0.6) is 0 Å². The van der Waals surface area contributed by atoms with E-state index in [2.05, 4.69) is 5.32 Å². The number of hydrogen-bond donors (Lipinski definition) is 5. The number of carbonyl (C=O) groups is 1. The lowest BCUT2D eigenvalue weighted by molar-refractivity contribution is -0.248. The molecule has 1 amide bonds. The molecule has 19 heavy (non-hydrogen) atoms. The monoisotopic (exact) mass is 279 g/mol. The highest BCUT2D eigenvalue weighted by Crippen LogP contribution is 2.23. The minimum absolute atomic E-state index is 0.0319. The molecule has 0 aromatic rings. The van der Waals surface area contributed by atoms with Gasteiger partial charge in [0, 0.05) is 13.3 Å². The summed E-state index contributed by atoms with van der Waals surface area (Å²) in [7, 11) is 0. The molecule has 0 spiro atoms. The Labute approximate surface area is 110 Å². The molecule has 5 N–H and O–H groups in total. The molecule has 1 saturated heterocycles. The van der Waals surface area contributed by atoms with E-state index >= 15 is 0 Å². The van der Waals surface area contributed by atoms with Crippen molar-refractivity contribution in [3.63, 3.8) is 0 Å². The van der Waals surface area contributed by atoms with Crippen LogP contribution < -0.4 is 5.32 Å². The highest BCUT2D eigenvalue weighted by atomic mass is 16.7. The van der Waals surface area contributed by atoms with Gasteiger partial charge < -0.3 is 35.2 Å². The molecule has 0 saturated carbocycles. The Balaban J connectivity index is 2.72. The summed E-state index contributed by atoms with van der Waals surface area (Å²) < 4.78 is 10.6. The lowest BCUT2D eigenvalue weighted by Gasteiger charge is -2.41. The van der Waals surface area contributed by atoms with Crippen LogP contribution in [0.2, 0.25) is 0 Å². The van der Waals surface area contributed by atoms with Crippen LogP contribution in [0.1, 0.15) is 13.3 Å². The molecule has 5 atom stereocenters. The third-order valence-electron chi connectivity index (χ3n) is 2.84. The molecule has 0 radical (unpaired) electrons. The van der Waals surface area contributed by atoms with Gasteiger partial charge in [-0.2, -0.15) is 0 Å². The zero-order chi connectivity index (χ0) is 14.4. The maximum absolute atomic E-state index is 11.1. The van der Waals surface area contributed by atoms with Gasteiger partial charge in [0.15, 0.2) is 6.29 Å². The summed E-state index contributed by atoms with van der Waals surface area (Å²) in [6, 6.07) is -0.825. The SMILES string of the molecule is CC(=O)NC1C(O)CC(OCCO)OC1C(O)CO. The van der Waals surface area contributed by atoms with Crippen molar-refractivity contribution in [1.29, 1.82) is 0 Å². The maximum Gasteiger partial charge on any atom is 0.217 e. The van der Waals surface area contributed by atoms with Gasteiger partial charge in [-0.25, -0.2) is 0 Å². The number of amides is 1. The molecule has 0 aromatic heterocycles. The fraction of sp³-hybridized carbons (Fsp3) is 0.909. The van der Waals surface area contributed by atoms with E-state index in [1.54, 1.807) is 0 Å². The first-order valence-electron chi connectivity index (χ1n) is 6.11. The first-order chi connectivity index (χ1) is 8.99. The van der Waals surface area contributed by atoms with Gasteiger partial charge >= 0.3 is 0 Å². The Morgan fingerprint density at radius 2 is 2.21 bits per heavy atom. The van der Waals surface area contributed by atoms with Crippen molar-refractivity contribution in [3.8, 4) is 0 Å². The first-order valence-corrected chi connectivity index (χ1v) is 6.11. The minimum atomic E-state index is -1.26. The molecule has 1 rings (SSSR count). The van der Waals surface area contributed by atoms with E-state index in [1.807, 2.05) is 0 Å². The topological polar surface area (TPSA) is 128 Å². The second-order valence-corrected chi connectivity index (χ2v) is 4.40. The van der Waals surface area contributed by atoms with Gasteiger partial charge in [-0.3, -0.25) is 4.79 Å². The van der Waals surface area contributed by atoms with E-state index in [0.717, 1.165) is 0 Å². The van der Waals surface area contributed by atoms with Crippen molar-refractivity contribution in [1.82, 2.24) is 5.32 Å². The van der Waals surface area contributed by atoms with E-state index in [4.69, 9.17) is 19.7 Å². The molecule has 0 aliphatic carbocycles. The van der Waals surface area contributed by atoms with Crippen molar-refractivity contribution in [2.24, 2.45) is 0 Å². The van der Waals surface area contributed by atoms with Crippen molar-refractivity contribution in [3.05, 3.63) is 0 Å². The summed E-state index contributed by atoms with van der Waals surface area (Å²) in [6.45, 7) is 0.548. The van der Waals surface area contributed by atoms with Crippen LogP contribution in [0.4, 0.5) is 0 Å². The predicted octanol–water partition coefficient (Wildman–Crippen LogP) is -2.67. The van der Waals surface area contributed by atoms with E-state index < -0.39 is 37.3 Å². The van der Waals surface area contributed by atoms with E-state index in [-0.39, 0.29) is 25.5 Å². The average Bonchev–Trinajstić information content (AvgIpc) is 2.37. The maximum atomic E-state index is 11.1. The smallest absolute Gasteiger partial charge is 0.217 e. The highest BCUT2D eigenvalue weighted by molar-refractivity contribution is 5.73. The van der Waals surface area contributed by atoms with Gasteiger partial charge in [0.1, 0.15) is 12.2 Å². The van der Waals surface area contributed by atoms with Crippen molar-refractivity contribution in [2.45, 2.75) is 44.0 Å². The number of carbonyl (C=O) groups excluding carboxylic acids is 1. The zero-order valence-corrected chi connectivity index (χ0v) is 10.7. The Bertz CT molecular complexity index is 288. The second kappa shape index (κ2) is 7.73. The average molecular weight is 279 g/mol. The van der Waals surface area contributed by atoms with E-state index in [0.29, 0.717) is 0 Å². The number of aliphatic hydroxyl groups excluding tert-OH is 4. The lowest BCUT2D eigenvalue weighted by atomic mass is 9.94.